The molecule has 8 heteroatoms. The number of rotatable bonds is 6. The lowest BCUT2D eigenvalue weighted by atomic mass is 9.78. The molecule has 0 atom stereocenters. The van der Waals surface area contributed by atoms with Crippen LogP contribution in [0.4, 0.5) is 0 Å². The van der Waals surface area contributed by atoms with E-state index in [2.05, 4.69) is 29.6 Å². The fraction of sp³-hybridized carbons (Fsp3) is 0.458. The van der Waals surface area contributed by atoms with Crippen LogP contribution in [0.2, 0.25) is 10.0 Å². The molecule has 172 valence electrons. The molecule has 1 saturated carbocycles. The monoisotopic (exact) mass is 494 g/mol. The SMILES string of the molecule is O=C(NCC1(c2ccccc2)CCCC1)C1CCN(S(=O)(=O)c2c(Cl)cccc2Cl)CC1. The summed E-state index contributed by atoms with van der Waals surface area (Å²) in [5.74, 6) is -0.183. The Labute approximate surface area is 200 Å². The van der Waals surface area contributed by atoms with Gasteiger partial charge in [-0.3, -0.25) is 4.79 Å². The van der Waals surface area contributed by atoms with Gasteiger partial charge < -0.3 is 5.32 Å². The number of sulfonamides is 1. The van der Waals surface area contributed by atoms with Crippen molar-refractivity contribution in [2.24, 2.45) is 5.92 Å². The number of hydrogen-bond acceptors (Lipinski definition) is 3. The summed E-state index contributed by atoms with van der Waals surface area (Å²) in [5, 5.41) is 3.41. The lowest BCUT2D eigenvalue weighted by Gasteiger charge is -2.33. The molecule has 1 heterocycles. The van der Waals surface area contributed by atoms with Crippen molar-refractivity contribution < 1.29 is 13.2 Å². The van der Waals surface area contributed by atoms with Crippen molar-refractivity contribution in [3.63, 3.8) is 0 Å². The molecule has 0 aromatic heterocycles. The Morgan fingerprint density at radius 3 is 2.16 bits per heavy atom. The summed E-state index contributed by atoms with van der Waals surface area (Å²) in [5.41, 5.74) is 1.29. The Morgan fingerprint density at radius 1 is 0.969 bits per heavy atom. The van der Waals surface area contributed by atoms with Gasteiger partial charge in [0.25, 0.3) is 0 Å². The molecule has 2 fully saturated rings. The van der Waals surface area contributed by atoms with Gasteiger partial charge in [-0.15, -0.1) is 0 Å². The van der Waals surface area contributed by atoms with Crippen LogP contribution in [0.3, 0.4) is 0 Å². The first-order valence-corrected chi connectivity index (χ1v) is 13.3. The fourth-order valence-corrected chi connectivity index (χ4v) is 7.59. The van der Waals surface area contributed by atoms with Crippen LogP contribution in [0.1, 0.15) is 44.1 Å². The van der Waals surface area contributed by atoms with Crippen LogP contribution in [0, 0.1) is 5.92 Å². The second-order valence-corrected chi connectivity index (χ2v) is 11.5. The van der Waals surface area contributed by atoms with E-state index in [0.717, 1.165) is 12.8 Å². The Morgan fingerprint density at radius 2 is 1.56 bits per heavy atom. The minimum absolute atomic E-state index is 0.00175. The van der Waals surface area contributed by atoms with Crippen LogP contribution in [0.5, 0.6) is 0 Å². The molecule has 0 unspecified atom stereocenters. The Kier molecular flexibility index (Phi) is 7.15. The molecule has 0 spiro atoms. The number of nitrogens with zero attached hydrogens (tertiary/aromatic N) is 1. The van der Waals surface area contributed by atoms with E-state index < -0.39 is 10.0 Å². The number of benzene rings is 2. The van der Waals surface area contributed by atoms with Gasteiger partial charge in [0.05, 0.1) is 10.0 Å². The molecular weight excluding hydrogens is 467 g/mol. The van der Waals surface area contributed by atoms with E-state index in [4.69, 9.17) is 23.2 Å². The van der Waals surface area contributed by atoms with Gasteiger partial charge in [0, 0.05) is 31.0 Å². The molecule has 5 nitrogen and oxygen atoms in total. The molecule has 1 amide bonds. The highest BCUT2D eigenvalue weighted by Crippen LogP contribution is 2.40. The van der Waals surface area contributed by atoms with Crippen molar-refractivity contribution in [3.05, 3.63) is 64.1 Å². The summed E-state index contributed by atoms with van der Waals surface area (Å²) in [7, 11) is -3.81. The second kappa shape index (κ2) is 9.72. The first-order chi connectivity index (χ1) is 15.3. The minimum atomic E-state index is -3.81. The molecule has 2 aliphatic rings. The molecule has 2 aromatic rings. The molecule has 1 aliphatic carbocycles. The Bertz CT molecular complexity index is 1040. The molecule has 1 saturated heterocycles. The van der Waals surface area contributed by atoms with Crippen LogP contribution < -0.4 is 5.32 Å². The van der Waals surface area contributed by atoms with Gasteiger partial charge in [-0.25, -0.2) is 8.42 Å². The molecule has 4 rings (SSSR count). The zero-order valence-corrected chi connectivity index (χ0v) is 20.2. The van der Waals surface area contributed by atoms with Crippen LogP contribution >= 0.6 is 23.2 Å². The van der Waals surface area contributed by atoms with Crippen molar-refractivity contribution in [1.29, 1.82) is 0 Å². The van der Waals surface area contributed by atoms with Gasteiger partial charge in [-0.05, 0) is 43.4 Å². The van der Waals surface area contributed by atoms with E-state index in [1.165, 1.54) is 34.8 Å². The number of hydrogen-bond donors (Lipinski definition) is 1. The van der Waals surface area contributed by atoms with Gasteiger partial charge in [0.1, 0.15) is 4.90 Å². The first-order valence-electron chi connectivity index (χ1n) is 11.1. The van der Waals surface area contributed by atoms with Crippen LogP contribution in [-0.2, 0) is 20.2 Å². The third-order valence-corrected chi connectivity index (χ3v) is 9.74. The van der Waals surface area contributed by atoms with Crippen LogP contribution in [0.15, 0.2) is 53.4 Å². The zero-order chi connectivity index (χ0) is 22.8. The third-order valence-electron chi connectivity index (χ3n) is 6.89. The zero-order valence-electron chi connectivity index (χ0n) is 17.9. The molecule has 1 aliphatic heterocycles. The summed E-state index contributed by atoms with van der Waals surface area (Å²) in [4.78, 5) is 12.9. The van der Waals surface area contributed by atoms with E-state index >= 15 is 0 Å². The van der Waals surface area contributed by atoms with Gasteiger partial charge in [0.2, 0.25) is 15.9 Å². The number of carbonyl (C=O) groups excluding carboxylic acids is 1. The number of carbonyl (C=O) groups is 1. The van der Waals surface area contributed by atoms with E-state index in [9.17, 15) is 13.2 Å². The van der Waals surface area contributed by atoms with Crippen molar-refractivity contribution in [1.82, 2.24) is 9.62 Å². The minimum Gasteiger partial charge on any atom is -0.355 e. The highest BCUT2D eigenvalue weighted by atomic mass is 35.5. The van der Waals surface area contributed by atoms with Crippen LogP contribution in [-0.4, -0.2) is 38.3 Å². The molecule has 0 bridgehead atoms. The molecule has 0 radical (unpaired) electrons. The fourth-order valence-electron chi connectivity index (χ4n) is 5.03. The van der Waals surface area contributed by atoms with E-state index in [0.29, 0.717) is 19.4 Å². The standard InChI is InChI=1S/C24H28Cl2N2O3S/c25-20-9-6-10-21(26)22(20)32(30,31)28-15-11-18(12-16-28)23(29)27-17-24(13-4-5-14-24)19-7-2-1-3-8-19/h1-3,6-10,18H,4-5,11-17H2,(H,27,29). The van der Waals surface area contributed by atoms with Crippen molar-refractivity contribution in [2.45, 2.75) is 48.8 Å². The topological polar surface area (TPSA) is 66.5 Å². The number of amides is 1. The lowest BCUT2D eigenvalue weighted by molar-refractivity contribution is -0.126. The lowest BCUT2D eigenvalue weighted by Crippen LogP contribution is -2.46. The Hall–Kier alpha value is -1.60. The molecule has 32 heavy (non-hydrogen) atoms. The summed E-state index contributed by atoms with van der Waals surface area (Å²) in [6.07, 6.45) is 5.45. The van der Waals surface area contributed by atoms with Gasteiger partial charge in [-0.1, -0.05) is 72.4 Å². The summed E-state index contributed by atoms with van der Waals surface area (Å²) < 4.78 is 27.5. The second-order valence-electron chi connectivity index (χ2n) is 8.80. The normalized spacial score (nSPS) is 19.7. The highest BCUT2D eigenvalue weighted by Gasteiger charge is 2.38. The highest BCUT2D eigenvalue weighted by molar-refractivity contribution is 7.89. The van der Waals surface area contributed by atoms with Crippen LogP contribution in [0.25, 0.3) is 0 Å². The average molecular weight is 495 g/mol. The number of piperidine rings is 1. The Balaban J connectivity index is 1.38. The average Bonchev–Trinajstić information content (AvgIpc) is 3.28. The molecule has 2 aromatic carbocycles. The van der Waals surface area contributed by atoms with E-state index in [1.54, 1.807) is 6.07 Å². The van der Waals surface area contributed by atoms with E-state index in [1.807, 2.05) is 6.07 Å². The quantitative estimate of drug-likeness (QED) is 0.612. The predicted molar refractivity (Wildman–Crippen MR) is 128 cm³/mol. The third kappa shape index (κ3) is 4.69. The number of halogens is 2. The summed E-state index contributed by atoms with van der Waals surface area (Å²) >= 11 is 12.2. The van der Waals surface area contributed by atoms with E-state index in [-0.39, 0.29) is 45.3 Å². The number of nitrogens with one attached hydrogen (secondary N) is 1. The van der Waals surface area contributed by atoms with Crippen molar-refractivity contribution in [3.8, 4) is 0 Å². The first kappa shape index (κ1) is 23.6. The van der Waals surface area contributed by atoms with Gasteiger partial charge in [0.15, 0.2) is 0 Å². The predicted octanol–water partition coefficient (Wildman–Crippen LogP) is 5.02. The molecule has 1 N–H and O–H groups in total. The smallest absolute Gasteiger partial charge is 0.246 e. The maximum Gasteiger partial charge on any atom is 0.246 e. The van der Waals surface area contributed by atoms with Gasteiger partial charge >= 0.3 is 0 Å². The van der Waals surface area contributed by atoms with Crippen molar-refractivity contribution in [2.75, 3.05) is 19.6 Å². The maximum atomic E-state index is 13.1. The molecular formula is C24H28Cl2N2O3S. The summed E-state index contributed by atoms with van der Waals surface area (Å²) in [6.45, 7) is 1.17. The maximum absolute atomic E-state index is 13.1. The van der Waals surface area contributed by atoms with Gasteiger partial charge in [-0.2, -0.15) is 4.31 Å². The van der Waals surface area contributed by atoms with Crippen molar-refractivity contribution >= 4 is 39.1 Å². The summed E-state index contributed by atoms with van der Waals surface area (Å²) in [6, 6.07) is 15.1. The largest absolute Gasteiger partial charge is 0.355 e.